The summed E-state index contributed by atoms with van der Waals surface area (Å²) >= 11 is 0. The summed E-state index contributed by atoms with van der Waals surface area (Å²) in [7, 11) is 1.72. The molecule has 0 aliphatic heterocycles. The fourth-order valence-electron chi connectivity index (χ4n) is 2.32. The van der Waals surface area contributed by atoms with Gasteiger partial charge in [-0.3, -0.25) is 4.79 Å². The van der Waals surface area contributed by atoms with Crippen molar-refractivity contribution in [3.63, 3.8) is 0 Å². The maximum absolute atomic E-state index is 13.1. The molecule has 25 heavy (non-hydrogen) atoms. The van der Waals surface area contributed by atoms with Crippen LogP contribution in [0.3, 0.4) is 0 Å². The van der Waals surface area contributed by atoms with Gasteiger partial charge in [-0.25, -0.2) is 9.18 Å². The lowest BCUT2D eigenvalue weighted by atomic mass is 10.1. The number of urea groups is 1. The average molecular weight is 343 g/mol. The van der Waals surface area contributed by atoms with Gasteiger partial charge in [0.2, 0.25) is 5.91 Å². The smallest absolute Gasteiger partial charge is 0.319 e. The minimum Gasteiger partial charge on any atom is -0.342 e. The number of hydrogen-bond acceptors (Lipinski definition) is 2. The van der Waals surface area contributed by atoms with Crippen molar-refractivity contribution in [2.75, 3.05) is 18.9 Å². The van der Waals surface area contributed by atoms with Crippen LogP contribution in [0.1, 0.15) is 18.1 Å². The Morgan fingerprint density at radius 3 is 2.52 bits per heavy atom. The molecule has 6 heteroatoms. The van der Waals surface area contributed by atoms with Gasteiger partial charge in [-0.05, 0) is 41.8 Å². The Balaban J connectivity index is 1.83. The first-order valence-electron chi connectivity index (χ1n) is 8.04. The van der Waals surface area contributed by atoms with Crippen molar-refractivity contribution in [1.82, 2.24) is 10.2 Å². The molecule has 132 valence electrons. The van der Waals surface area contributed by atoms with Crippen LogP contribution in [-0.2, 0) is 17.8 Å². The summed E-state index contributed by atoms with van der Waals surface area (Å²) < 4.78 is 13.1. The van der Waals surface area contributed by atoms with E-state index in [1.54, 1.807) is 24.1 Å². The molecule has 0 aromatic heterocycles. The molecule has 0 aliphatic rings. The minimum absolute atomic E-state index is 0.0199. The van der Waals surface area contributed by atoms with Gasteiger partial charge < -0.3 is 15.5 Å². The third-order valence-electron chi connectivity index (χ3n) is 3.73. The van der Waals surface area contributed by atoms with Crippen molar-refractivity contribution in [1.29, 1.82) is 0 Å². The molecule has 0 aliphatic carbocycles. The molecule has 0 saturated carbocycles. The highest BCUT2D eigenvalue weighted by Gasteiger charge is 2.06. The number of carbonyl (C=O) groups is 2. The zero-order valence-corrected chi connectivity index (χ0v) is 14.4. The number of anilines is 1. The normalized spacial score (nSPS) is 10.2. The van der Waals surface area contributed by atoms with Crippen LogP contribution in [0.25, 0.3) is 0 Å². The van der Waals surface area contributed by atoms with E-state index < -0.39 is 0 Å². The summed E-state index contributed by atoms with van der Waals surface area (Å²) in [4.78, 5) is 24.8. The Hall–Kier alpha value is -2.89. The molecule has 2 rings (SSSR count). The third-order valence-corrected chi connectivity index (χ3v) is 3.73. The quantitative estimate of drug-likeness (QED) is 0.846. The Morgan fingerprint density at radius 1 is 1.08 bits per heavy atom. The molecule has 5 nitrogen and oxygen atoms in total. The van der Waals surface area contributed by atoms with Crippen molar-refractivity contribution in [2.45, 2.75) is 19.9 Å². The van der Waals surface area contributed by atoms with Gasteiger partial charge in [0.25, 0.3) is 0 Å². The van der Waals surface area contributed by atoms with Gasteiger partial charge >= 0.3 is 6.03 Å². The fourth-order valence-corrected chi connectivity index (χ4v) is 2.32. The Morgan fingerprint density at radius 2 is 1.80 bits per heavy atom. The van der Waals surface area contributed by atoms with Gasteiger partial charge in [0, 0.05) is 32.7 Å². The molecule has 0 bridgehead atoms. The number of carbonyl (C=O) groups excluding carboxylic acids is 2. The molecular formula is C19H22FN3O2. The maximum Gasteiger partial charge on any atom is 0.319 e. The van der Waals surface area contributed by atoms with Crippen molar-refractivity contribution in [3.8, 4) is 0 Å². The van der Waals surface area contributed by atoms with E-state index >= 15 is 0 Å². The first-order chi connectivity index (χ1) is 11.9. The molecule has 3 amide bonds. The highest BCUT2D eigenvalue weighted by molar-refractivity contribution is 5.89. The molecule has 0 atom stereocenters. The SMILES string of the molecule is CC(=O)N(C)Cc1cccc(NC(=O)NCCc2cccc(F)c2)c1. The zero-order valence-electron chi connectivity index (χ0n) is 14.4. The van der Waals surface area contributed by atoms with Crippen LogP contribution in [0.5, 0.6) is 0 Å². The van der Waals surface area contributed by atoms with Crippen LogP contribution in [0.2, 0.25) is 0 Å². The lowest BCUT2D eigenvalue weighted by Crippen LogP contribution is -2.30. The van der Waals surface area contributed by atoms with Gasteiger partial charge in [-0.15, -0.1) is 0 Å². The van der Waals surface area contributed by atoms with Crippen LogP contribution in [0.15, 0.2) is 48.5 Å². The molecule has 0 saturated heterocycles. The number of nitrogens with zero attached hydrogens (tertiary/aromatic N) is 1. The van der Waals surface area contributed by atoms with E-state index in [2.05, 4.69) is 10.6 Å². The molecule has 0 fully saturated rings. The highest BCUT2D eigenvalue weighted by atomic mass is 19.1. The summed E-state index contributed by atoms with van der Waals surface area (Å²) in [5.41, 5.74) is 2.41. The molecular weight excluding hydrogens is 321 g/mol. The topological polar surface area (TPSA) is 61.4 Å². The molecule has 2 N–H and O–H groups in total. The lowest BCUT2D eigenvalue weighted by Gasteiger charge is -2.15. The van der Waals surface area contributed by atoms with Crippen LogP contribution in [0.4, 0.5) is 14.9 Å². The van der Waals surface area contributed by atoms with E-state index in [1.807, 2.05) is 24.3 Å². The van der Waals surface area contributed by atoms with Gasteiger partial charge in [0.05, 0.1) is 0 Å². The standard InChI is InChI=1S/C19H22FN3O2/c1-14(24)23(2)13-16-6-4-8-18(12-16)22-19(25)21-10-9-15-5-3-7-17(20)11-15/h3-8,11-12H,9-10,13H2,1-2H3,(H2,21,22,25). The predicted octanol–water partition coefficient (Wildman–Crippen LogP) is 3.17. The number of benzene rings is 2. The molecule has 2 aromatic carbocycles. The summed E-state index contributed by atoms with van der Waals surface area (Å²) in [6.45, 7) is 2.39. The maximum atomic E-state index is 13.1. The van der Waals surface area contributed by atoms with Gasteiger partial charge in [0.15, 0.2) is 0 Å². The van der Waals surface area contributed by atoms with Crippen molar-refractivity contribution >= 4 is 17.6 Å². The molecule has 0 unspecified atom stereocenters. The Bertz CT molecular complexity index is 749. The molecule has 2 aromatic rings. The summed E-state index contributed by atoms with van der Waals surface area (Å²) in [6.07, 6.45) is 0.550. The average Bonchev–Trinajstić information content (AvgIpc) is 2.55. The minimum atomic E-state index is -0.325. The van der Waals surface area contributed by atoms with Crippen molar-refractivity contribution in [3.05, 3.63) is 65.5 Å². The number of nitrogens with one attached hydrogen (secondary N) is 2. The highest BCUT2D eigenvalue weighted by Crippen LogP contribution is 2.12. The second kappa shape index (κ2) is 8.82. The lowest BCUT2D eigenvalue weighted by molar-refractivity contribution is -0.128. The van der Waals surface area contributed by atoms with Crippen molar-refractivity contribution in [2.24, 2.45) is 0 Å². The van der Waals surface area contributed by atoms with Crippen LogP contribution in [0, 0.1) is 5.82 Å². The summed E-state index contributed by atoms with van der Waals surface area (Å²) in [5, 5.41) is 5.50. The van der Waals surface area contributed by atoms with E-state index in [0.29, 0.717) is 25.2 Å². The second-order valence-electron chi connectivity index (χ2n) is 5.84. The van der Waals surface area contributed by atoms with E-state index in [-0.39, 0.29) is 17.8 Å². The summed E-state index contributed by atoms with van der Waals surface area (Å²) in [6, 6.07) is 13.3. The zero-order chi connectivity index (χ0) is 18.2. The van der Waals surface area contributed by atoms with Crippen LogP contribution < -0.4 is 10.6 Å². The fraction of sp³-hybridized carbons (Fsp3) is 0.263. The van der Waals surface area contributed by atoms with Crippen LogP contribution in [-0.4, -0.2) is 30.4 Å². The van der Waals surface area contributed by atoms with Crippen molar-refractivity contribution < 1.29 is 14.0 Å². The Labute approximate surface area is 146 Å². The van der Waals surface area contributed by atoms with Gasteiger partial charge in [-0.2, -0.15) is 0 Å². The van der Waals surface area contributed by atoms with E-state index in [0.717, 1.165) is 11.1 Å². The van der Waals surface area contributed by atoms with Crippen LogP contribution >= 0.6 is 0 Å². The molecule has 0 radical (unpaired) electrons. The summed E-state index contributed by atoms with van der Waals surface area (Å²) in [5.74, 6) is -0.303. The third kappa shape index (κ3) is 6.25. The van der Waals surface area contributed by atoms with E-state index in [9.17, 15) is 14.0 Å². The second-order valence-corrected chi connectivity index (χ2v) is 5.84. The van der Waals surface area contributed by atoms with E-state index in [1.165, 1.54) is 19.1 Å². The van der Waals surface area contributed by atoms with Gasteiger partial charge in [-0.1, -0.05) is 24.3 Å². The largest absolute Gasteiger partial charge is 0.342 e. The molecule has 0 heterocycles. The van der Waals surface area contributed by atoms with Gasteiger partial charge in [0.1, 0.15) is 5.82 Å². The van der Waals surface area contributed by atoms with E-state index in [4.69, 9.17) is 0 Å². The molecule has 0 spiro atoms. The first-order valence-corrected chi connectivity index (χ1v) is 8.04. The monoisotopic (exact) mass is 343 g/mol. The number of hydrogen-bond donors (Lipinski definition) is 2. The first kappa shape index (κ1) is 18.4. The Kier molecular flexibility index (Phi) is 6.51. The number of halogens is 1. The number of rotatable bonds is 6. The number of amides is 3. The predicted molar refractivity (Wildman–Crippen MR) is 95.7 cm³/mol.